The Balaban J connectivity index is 0.000000202. The normalized spacial score (nSPS) is 12.6. The maximum absolute atomic E-state index is 12.9. The Bertz CT molecular complexity index is 7810. The molecule has 670 valence electrons. The summed E-state index contributed by atoms with van der Waals surface area (Å²) in [4.78, 5) is 14.0. The number of aromatic nitrogens is 8. The summed E-state index contributed by atoms with van der Waals surface area (Å²) in [5.41, 5.74) is 44.3. The SMILES string of the molecule is Cc1c(C)c(C)c(-n2ccnc2-c2[c-]cc(C(C(C)O)C(O)C(C)c3cc(-c4ccc5oc6ccc(-n7c8ccccc8c8ccccc87)cc6c5c4)cc(-c4ccc5oc6ccc(-n7c8ccccc8c8ccccc87)cc6c5c4)c3)cc2)c(C)c1C.Cc1c[c-]c(-c2nccn2-c2c(C)c(C)c(C)c(C)c2C)cc1.Cc1c[c-]c(-c2nccn2-c2c(C)c(C)c(C)c(C)c2C)cc1.[Ir+3]. The fraction of sp³-hybridized carbons (Fsp3) is 0.189. The van der Waals surface area contributed by atoms with Crippen LogP contribution in [-0.2, 0) is 20.1 Å². The Morgan fingerprint density at radius 3 is 0.904 bits per heavy atom. The summed E-state index contributed by atoms with van der Waals surface area (Å²) in [6.45, 7) is 41.0. The van der Waals surface area contributed by atoms with E-state index in [0.29, 0.717) is 0 Å². The summed E-state index contributed by atoms with van der Waals surface area (Å²) >= 11 is 0. The van der Waals surface area contributed by atoms with Crippen LogP contribution < -0.4 is 0 Å². The zero-order chi connectivity index (χ0) is 93.2. The van der Waals surface area contributed by atoms with Crippen LogP contribution in [0, 0.1) is 136 Å². The Hall–Kier alpha value is -14.3. The molecule has 135 heavy (non-hydrogen) atoms. The van der Waals surface area contributed by atoms with E-state index in [1.54, 1.807) is 6.92 Å². The predicted octanol–water partition coefficient (Wildman–Crippen LogP) is 30.2. The molecule has 22 aromatic rings. The van der Waals surface area contributed by atoms with Gasteiger partial charge in [-0.3, -0.25) is 15.0 Å². The minimum absolute atomic E-state index is 0. The average Bonchev–Trinajstić information content (AvgIpc) is 1.63. The molecule has 0 aliphatic carbocycles. The predicted molar refractivity (Wildman–Crippen MR) is 553 cm³/mol. The first-order chi connectivity index (χ1) is 64.7. The molecule has 4 atom stereocenters. The van der Waals surface area contributed by atoms with Gasteiger partial charge in [-0.2, -0.15) is 0 Å². The van der Waals surface area contributed by atoms with Crippen molar-refractivity contribution in [2.24, 2.45) is 0 Å². The van der Waals surface area contributed by atoms with Crippen LogP contribution in [0.1, 0.15) is 131 Å². The minimum Gasteiger partial charge on any atom is -0.456 e. The Morgan fingerprint density at radius 2 is 0.593 bits per heavy atom. The smallest absolute Gasteiger partial charge is 0.456 e. The maximum atomic E-state index is 12.9. The third-order valence-electron chi connectivity index (χ3n) is 29.5. The van der Waals surface area contributed by atoms with E-state index in [1.807, 2.05) is 67.5 Å². The largest absolute Gasteiger partial charge is 3.00 e. The van der Waals surface area contributed by atoms with Gasteiger partial charge in [0.1, 0.15) is 22.3 Å². The van der Waals surface area contributed by atoms with E-state index < -0.39 is 24.0 Å². The molecule has 22 rings (SSSR count). The molecular formula is C122H109IrN8O4. The molecule has 15 aromatic carbocycles. The van der Waals surface area contributed by atoms with Crippen LogP contribution in [-0.4, -0.2) is 60.2 Å². The van der Waals surface area contributed by atoms with Crippen molar-refractivity contribution in [1.82, 2.24) is 37.8 Å². The number of nitrogens with zero attached hydrogens (tertiary/aromatic N) is 8. The molecule has 0 aliphatic rings. The number of aliphatic hydroxyl groups excluding tert-OH is 2. The fourth-order valence-corrected chi connectivity index (χ4v) is 20.7. The van der Waals surface area contributed by atoms with Crippen molar-refractivity contribution in [3.8, 4) is 84.9 Å². The standard InChI is InChI=1S/C80H63N4O4.2C21H23N2.Ir/c1-45-46(2)48(4)78(49(5)47(45)3)82-37-36-81-80(82)53-26-24-52(25-27-53)77(51(7)85)79(86)50(6)56-38-57(54-28-32-73-65(41-54)67-43-59(30-34-75(67)87-73)83-69-20-12-8-16-61(69)62-17-9-13-21-70(62)83)40-58(39-56)55-29-33-74-66(42-55)68-44-60(31-35-76(68)88-74)84-71-22-14-10-18-63(71)64-19-11-15-23-72(64)84;2*1-13-7-9-19(10-8-13)21-22-11-12-23(21)20-17(5)15(3)14(2)16(4)18(20)6;/h8-26,28-44,50-51,77,79,85-86H,1-7H3;2*7-9,11-12H,1-6H3;/q3*-1;+3. The molecule has 0 bridgehead atoms. The molecule has 13 heteroatoms. The zero-order valence-electron chi connectivity index (χ0n) is 80.0. The van der Waals surface area contributed by atoms with Gasteiger partial charge in [0, 0.05) is 121 Å². The van der Waals surface area contributed by atoms with Gasteiger partial charge in [-0.15, -0.1) is 106 Å². The summed E-state index contributed by atoms with van der Waals surface area (Å²) in [6, 6.07) is 95.5. The Morgan fingerprint density at radius 1 is 0.289 bits per heavy atom. The monoisotopic (exact) mass is 1940 g/mol. The van der Waals surface area contributed by atoms with Crippen LogP contribution in [0.25, 0.3) is 172 Å². The van der Waals surface area contributed by atoms with Crippen molar-refractivity contribution in [2.75, 3.05) is 0 Å². The van der Waals surface area contributed by atoms with Gasteiger partial charge in [-0.25, -0.2) is 0 Å². The zero-order valence-corrected chi connectivity index (χ0v) is 82.4. The number of hydrogen-bond acceptors (Lipinski definition) is 7. The number of furan rings is 2. The summed E-state index contributed by atoms with van der Waals surface area (Å²) in [7, 11) is 0. The van der Waals surface area contributed by atoms with Crippen molar-refractivity contribution in [3.63, 3.8) is 0 Å². The van der Waals surface area contributed by atoms with E-state index in [9.17, 15) is 10.2 Å². The van der Waals surface area contributed by atoms with Gasteiger partial charge < -0.3 is 41.9 Å². The molecule has 0 aliphatic heterocycles. The fourth-order valence-electron chi connectivity index (χ4n) is 20.7. The topological polar surface area (TPSA) is 130 Å². The Kier molecular flexibility index (Phi) is 23.9. The molecule has 0 fully saturated rings. The third-order valence-corrected chi connectivity index (χ3v) is 29.5. The van der Waals surface area contributed by atoms with Crippen molar-refractivity contribution in [3.05, 3.63) is 404 Å². The first-order valence-electron chi connectivity index (χ1n) is 46.4. The Labute approximate surface area is 802 Å². The van der Waals surface area contributed by atoms with Gasteiger partial charge in [-0.05, 0) is 313 Å². The number of fused-ring (bicyclic) bond motifs is 12. The first kappa shape index (κ1) is 89.9. The molecule has 7 aromatic heterocycles. The quantitative estimate of drug-likeness (QED) is 0.0978. The first-order valence-corrected chi connectivity index (χ1v) is 46.4. The van der Waals surface area contributed by atoms with Crippen LogP contribution in [0.4, 0.5) is 0 Å². The molecule has 0 saturated heterocycles. The van der Waals surface area contributed by atoms with Crippen LogP contribution in [0.3, 0.4) is 0 Å². The van der Waals surface area contributed by atoms with E-state index in [-0.39, 0.29) is 20.1 Å². The second-order valence-corrected chi connectivity index (χ2v) is 37.0. The molecule has 0 spiro atoms. The summed E-state index contributed by atoms with van der Waals surface area (Å²) in [5, 5.41) is 33.5. The molecule has 0 amide bonds. The van der Waals surface area contributed by atoms with Gasteiger partial charge in [-0.1, -0.05) is 118 Å². The van der Waals surface area contributed by atoms with Crippen molar-refractivity contribution >= 4 is 87.5 Å². The number of aryl methyl sites for hydroxylation is 2. The number of benzene rings is 15. The molecule has 0 saturated carbocycles. The minimum atomic E-state index is -0.993. The van der Waals surface area contributed by atoms with E-state index in [1.165, 1.54) is 127 Å². The van der Waals surface area contributed by atoms with E-state index in [0.717, 1.165) is 151 Å². The second kappa shape index (κ2) is 35.9. The van der Waals surface area contributed by atoms with Crippen LogP contribution in [0.2, 0.25) is 0 Å². The molecule has 12 nitrogen and oxygen atoms in total. The molecule has 4 unspecified atom stereocenters. The van der Waals surface area contributed by atoms with E-state index in [2.05, 4.69) is 388 Å². The van der Waals surface area contributed by atoms with Gasteiger partial charge >= 0.3 is 20.1 Å². The summed E-state index contributed by atoms with van der Waals surface area (Å²) in [5.74, 6) is 1.59. The van der Waals surface area contributed by atoms with Gasteiger partial charge in [0.05, 0.1) is 51.7 Å². The van der Waals surface area contributed by atoms with Gasteiger partial charge in [0.25, 0.3) is 0 Å². The van der Waals surface area contributed by atoms with E-state index >= 15 is 0 Å². The van der Waals surface area contributed by atoms with Crippen LogP contribution in [0.5, 0.6) is 0 Å². The summed E-state index contributed by atoms with van der Waals surface area (Å²) < 4.78 is 24.5. The van der Waals surface area contributed by atoms with Crippen LogP contribution in [0.15, 0.2) is 289 Å². The third kappa shape index (κ3) is 15.6. The molecule has 0 radical (unpaired) electrons. The average molecular weight is 1940 g/mol. The molecule has 7 heterocycles. The second-order valence-electron chi connectivity index (χ2n) is 37.0. The number of aliphatic hydroxyl groups is 2. The van der Waals surface area contributed by atoms with Gasteiger partial charge in [0.2, 0.25) is 0 Å². The number of para-hydroxylation sites is 4. The molecule has 2 N–H and O–H groups in total. The van der Waals surface area contributed by atoms with Gasteiger partial charge in [0.15, 0.2) is 0 Å². The molecular weight excluding hydrogens is 1830 g/mol. The number of rotatable bonds is 15. The van der Waals surface area contributed by atoms with Crippen molar-refractivity contribution in [2.45, 2.75) is 156 Å². The van der Waals surface area contributed by atoms with Crippen molar-refractivity contribution in [1.29, 1.82) is 0 Å². The van der Waals surface area contributed by atoms with Crippen LogP contribution >= 0.6 is 0 Å². The summed E-state index contributed by atoms with van der Waals surface area (Å²) in [6.07, 6.45) is 9.81. The maximum Gasteiger partial charge on any atom is 3.00 e. The van der Waals surface area contributed by atoms with E-state index in [4.69, 9.17) is 13.8 Å². The number of imidazole rings is 3. The van der Waals surface area contributed by atoms with Crippen molar-refractivity contribution < 1.29 is 39.2 Å². The number of hydrogen-bond donors (Lipinski definition) is 2.